The van der Waals surface area contributed by atoms with Gasteiger partial charge in [-0.2, -0.15) is 5.26 Å². The number of carbonyl (C=O) groups is 2. The van der Waals surface area contributed by atoms with Gasteiger partial charge in [0.25, 0.3) is 0 Å². The lowest BCUT2D eigenvalue weighted by molar-refractivity contribution is -0.140. The van der Waals surface area contributed by atoms with Gasteiger partial charge in [-0.3, -0.25) is 9.59 Å². The molecule has 1 fully saturated rings. The zero-order chi connectivity index (χ0) is 15.1. The zero-order valence-corrected chi connectivity index (χ0v) is 11.0. The van der Waals surface area contributed by atoms with Crippen molar-refractivity contribution in [2.45, 2.75) is 13.8 Å². The molecule has 0 bridgehead atoms. The van der Waals surface area contributed by atoms with Gasteiger partial charge in [-0.25, -0.2) is 4.39 Å². The number of hydrogen-bond acceptors (Lipinski definition) is 3. The first-order valence-electron chi connectivity index (χ1n) is 6.02. The number of hydrogen-bond donors (Lipinski definition) is 2. The Morgan fingerprint density at radius 3 is 2.55 bits per heavy atom. The molecule has 0 spiro atoms. The van der Waals surface area contributed by atoms with Gasteiger partial charge in [0.05, 0.1) is 23.1 Å². The van der Waals surface area contributed by atoms with Crippen LogP contribution in [0.3, 0.4) is 0 Å². The normalized spacial score (nSPS) is 22.7. The number of benzene rings is 1. The first-order valence-corrected chi connectivity index (χ1v) is 6.02. The fourth-order valence-electron chi connectivity index (χ4n) is 2.52. The first-order chi connectivity index (χ1) is 9.28. The molecule has 2 rings (SSSR count). The Hall–Kier alpha value is -2.42. The largest absolute Gasteiger partial charge is 0.481 e. The molecular weight excluding hydrogens is 263 g/mol. The Morgan fingerprint density at radius 1 is 1.40 bits per heavy atom. The van der Waals surface area contributed by atoms with E-state index in [1.807, 2.05) is 0 Å². The standard InChI is InChI=1S/C14H13FN2O3/c1-14(2)10(11(14)13(19)20)12(18)17-9-4-3-8(15)5-7(9)6-16/h3-5,10-11H,1-2H3,(H,17,18)(H,19,20)/t10-,11+/m1/s1. The highest BCUT2D eigenvalue weighted by Gasteiger charge is 2.65. The third-order valence-electron chi connectivity index (χ3n) is 3.74. The van der Waals surface area contributed by atoms with Crippen molar-refractivity contribution >= 4 is 17.6 Å². The van der Waals surface area contributed by atoms with Gasteiger partial charge in [0, 0.05) is 0 Å². The molecule has 2 N–H and O–H groups in total. The van der Waals surface area contributed by atoms with Crippen molar-refractivity contribution in [2.24, 2.45) is 17.3 Å². The van der Waals surface area contributed by atoms with Crippen molar-refractivity contribution in [1.82, 2.24) is 0 Å². The highest BCUT2D eigenvalue weighted by molar-refractivity contribution is 6.00. The summed E-state index contributed by atoms with van der Waals surface area (Å²) < 4.78 is 13.0. The van der Waals surface area contributed by atoms with E-state index in [2.05, 4.69) is 5.32 Å². The minimum absolute atomic E-state index is 0.00341. The predicted molar refractivity (Wildman–Crippen MR) is 68.1 cm³/mol. The molecule has 1 aliphatic rings. The van der Waals surface area contributed by atoms with Crippen LogP contribution in [-0.4, -0.2) is 17.0 Å². The first kappa shape index (κ1) is 14.0. The maximum Gasteiger partial charge on any atom is 0.307 e. The van der Waals surface area contributed by atoms with Crippen LogP contribution in [0.15, 0.2) is 18.2 Å². The Morgan fingerprint density at radius 2 is 2.05 bits per heavy atom. The molecule has 1 amide bonds. The van der Waals surface area contributed by atoms with Crippen LogP contribution >= 0.6 is 0 Å². The third-order valence-corrected chi connectivity index (χ3v) is 3.74. The molecule has 0 saturated heterocycles. The summed E-state index contributed by atoms with van der Waals surface area (Å²) in [5.41, 5.74) is -0.433. The fourth-order valence-corrected chi connectivity index (χ4v) is 2.52. The van der Waals surface area contributed by atoms with Crippen molar-refractivity contribution in [3.8, 4) is 6.07 Å². The molecule has 1 aliphatic carbocycles. The molecule has 104 valence electrons. The van der Waals surface area contributed by atoms with Gasteiger partial charge in [-0.05, 0) is 23.6 Å². The van der Waals surface area contributed by atoms with Crippen LogP contribution in [0.25, 0.3) is 0 Å². The number of halogens is 1. The van der Waals surface area contributed by atoms with E-state index in [0.717, 1.165) is 12.1 Å². The summed E-state index contributed by atoms with van der Waals surface area (Å²) in [4.78, 5) is 23.1. The van der Waals surface area contributed by atoms with Crippen molar-refractivity contribution < 1.29 is 19.1 Å². The third kappa shape index (κ3) is 2.23. The van der Waals surface area contributed by atoms with Crippen LogP contribution < -0.4 is 5.32 Å². The monoisotopic (exact) mass is 276 g/mol. The molecule has 0 unspecified atom stereocenters. The van der Waals surface area contributed by atoms with Crippen molar-refractivity contribution in [2.75, 3.05) is 5.32 Å². The average molecular weight is 276 g/mol. The second kappa shape index (κ2) is 4.60. The van der Waals surface area contributed by atoms with E-state index in [1.165, 1.54) is 6.07 Å². The number of anilines is 1. The van der Waals surface area contributed by atoms with E-state index in [1.54, 1.807) is 19.9 Å². The minimum Gasteiger partial charge on any atom is -0.481 e. The Kier molecular flexibility index (Phi) is 3.22. The van der Waals surface area contributed by atoms with E-state index < -0.39 is 34.9 Å². The van der Waals surface area contributed by atoms with Crippen molar-refractivity contribution in [1.29, 1.82) is 5.26 Å². The molecule has 1 aromatic carbocycles. The molecule has 0 heterocycles. The summed E-state index contributed by atoms with van der Waals surface area (Å²) in [5, 5.41) is 20.4. The zero-order valence-electron chi connectivity index (χ0n) is 11.0. The van der Waals surface area contributed by atoms with Gasteiger partial charge < -0.3 is 10.4 Å². The molecule has 1 saturated carbocycles. The van der Waals surface area contributed by atoms with Crippen LogP contribution in [0.5, 0.6) is 0 Å². The molecule has 1 aromatic rings. The number of nitrogens with zero attached hydrogens (tertiary/aromatic N) is 1. The lowest BCUT2D eigenvalue weighted by atomic mass is 10.1. The molecular formula is C14H13FN2O3. The highest BCUT2D eigenvalue weighted by Crippen LogP contribution is 2.58. The van der Waals surface area contributed by atoms with Crippen LogP contribution in [0, 0.1) is 34.4 Å². The highest BCUT2D eigenvalue weighted by atomic mass is 19.1. The van der Waals surface area contributed by atoms with E-state index >= 15 is 0 Å². The topological polar surface area (TPSA) is 90.2 Å². The summed E-state index contributed by atoms with van der Waals surface area (Å²) in [5.74, 6) is -3.46. The molecule has 6 heteroatoms. The number of rotatable bonds is 3. The summed E-state index contributed by atoms with van der Waals surface area (Å²) >= 11 is 0. The number of carboxylic acid groups (broad SMARTS) is 1. The van der Waals surface area contributed by atoms with Crippen LogP contribution in [-0.2, 0) is 9.59 Å². The second-order valence-electron chi connectivity index (χ2n) is 5.41. The summed E-state index contributed by atoms with van der Waals surface area (Å²) in [6.45, 7) is 3.40. The van der Waals surface area contributed by atoms with Gasteiger partial charge in [-0.15, -0.1) is 0 Å². The number of nitrogens with one attached hydrogen (secondary N) is 1. The van der Waals surface area contributed by atoms with Crippen molar-refractivity contribution in [3.05, 3.63) is 29.6 Å². The number of nitriles is 1. The van der Waals surface area contributed by atoms with Gasteiger partial charge in [0.2, 0.25) is 5.91 Å². The van der Waals surface area contributed by atoms with Crippen LogP contribution in [0.1, 0.15) is 19.4 Å². The predicted octanol–water partition coefficient (Wildman–Crippen LogP) is 1.99. The van der Waals surface area contributed by atoms with E-state index in [-0.39, 0.29) is 11.3 Å². The Bertz CT molecular complexity index is 634. The summed E-state index contributed by atoms with van der Waals surface area (Å²) in [6, 6.07) is 5.22. The molecule has 2 atom stereocenters. The Balaban J connectivity index is 2.19. The quantitative estimate of drug-likeness (QED) is 0.883. The van der Waals surface area contributed by atoms with E-state index in [9.17, 15) is 14.0 Å². The van der Waals surface area contributed by atoms with Crippen LogP contribution in [0.2, 0.25) is 0 Å². The van der Waals surface area contributed by atoms with Gasteiger partial charge >= 0.3 is 5.97 Å². The molecule has 5 nitrogen and oxygen atoms in total. The molecule has 0 radical (unpaired) electrons. The maximum atomic E-state index is 13.0. The smallest absolute Gasteiger partial charge is 0.307 e. The van der Waals surface area contributed by atoms with E-state index in [0.29, 0.717) is 0 Å². The lowest BCUT2D eigenvalue weighted by Gasteiger charge is -2.07. The summed E-state index contributed by atoms with van der Waals surface area (Å²) in [6.07, 6.45) is 0. The number of amides is 1. The maximum absolute atomic E-state index is 13.0. The van der Waals surface area contributed by atoms with Gasteiger partial charge in [-0.1, -0.05) is 13.8 Å². The number of aliphatic carboxylic acids is 1. The number of carbonyl (C=O) groups excluding carboxylic acids is 1. The van der Waals surface area contributed by atoms with E-state index in [4.69, 9.17) is 10.4 Å². The van der Waals surface area contributed by atoms with Gasteiger partial charge in [0.15, 0.2) is 0 Å². The lowest BCUT2D eigenvalue weighted by Crippen LogP contribution is -2.18. The molecule has 0 aromatic heterocycles. The SMILES string of the molecule is CC1(C)[C@H](C(=O)O)[C@@H]1C(=O)Nc1ccc(F)cc1C#N. The van der Waals surface area contributed by atoms with Crippen LogP contribution in [0.4, 0.5) is 10.1 Å². The van der Waals surface area contributed by atoms with Crippen molar-refractivity contribution in [3.63, 3.8) is 0 Å². The minimum atomic E-state index is -1.02. The molecule has 0 aliphatic heterocycles. The summed E-state index contributed by atoms with van der Waals surface area (Å²) in [7, 11) is 0. The Labute approximate surface area is 115 Å². The number of carboxylic acids is 1. The van der Waals surface area contributed by atoms with Gasteiger partial charge in [0.1, 0.15) is 11.9 Å². The fraction of sp³-hybridized carbons (Fsp3) is 0.357. The molecule has 20 heavy (non-hydrogen) atoms. The average Bonchev–Trinajstić information content (AvgIpc) is 2.94. The second-order valence-corrected chi connectivity index (χ2v) is 5.41.